The number of furan rings is 1. The Bertz CT molecular complexity index is 1470. The number of nitrogens with zero attached hydrogens (tertiary/aromatic N) is 5. The van der Waals surface area contributed by atoms with Gasteiger partial charge in [0.25, 0.3) is 0 Å². The highest BCUT2D eigenvalue weighted by atomic mass is 16.5. The summed E-state index contributed by atoms with van der Waals surface area (Å²) < 4.78 is 11.6. The Labute approximate surface area is 217 Å². The van der Waals surface area contributed by atoms with Crippen LogP contribution in [0.2, 0.25) is 0 Å². The molecule has 4 aromatic rings. The number of anilines is 3. The Morgan fingerprint density at radius 3 is 2.47 bits per heavy atom. The van der Waals surface area contributed by atoms with Crippen molar-refractivity contribution in [2.75, 3.05) is 54.5 Å². The standard InChI is InChI=1S/C26H27N7O5/c34-24(35)16-3-5-17(6-4-16)28-26(36)29-18-7-10-33(11-8-18)25-30-20-19-2-1-9-27-23(19)38-21(20)22(31-25)32-12-14-37-15-13-32/h1-6,9,18H,7-8,10-15H2,(H,34,35)(H2,28,29,36). The molecule has 1 aromatic carbocycles. The molecule has 3 N–H and O–H groups in total. The predicted octanol–water partition coefficient (Wildman–Crippen LogP) is 3.10. The quantitative estimate of drug-likeness (QED) is 0.361. The summed E-state index contributed by atoms with van der Waals surface area (Å²) in [6.07, 6.45) is 3.16. The zero-order valence-corrected chi connectivity index (χ0v) is 20.6. The maximum atomic E-state index is 12.5. The van der Waals surface area contributed by atoms with E-state index in [2.05, 4.69) is 25.4 Å². The fourth-order valence-electron chi connectivity index (χ4n) is 4.86. The van der Waals surface area contributed by atoms with Gasteiger partial charge in [0, 0.05) is 44.1 Å². The van der Waals surface area contributed by atoms with Gasteiger partial charge in [0.15, 0.2) is 11.4 Å². The molecule has 2 aliphatic heterocycles. The van der Waals surface area contributed by atoms with E-state index in [9.17, 15) is 9.59 Å². The number of pyridine rings is 1. The summed E-state index contributed by atoms with van der Waals surface area (Å²) in [5.74, 6) is 0.373. The molecule has 2 saturated heterocycles. The molecule has 0 unspecified atom stereocenters. The molecule has 0 saturated carbocycles. The van der Waals surface area contributed by atoms with Gasteiger partial charge in [-0.25, -0.2) is 19.6 Å². The van der Waals surface area contributed by atoms with Crippen molar-refractivity contribution in [3.8, 4) is 0 Å². The van der Waals surface area contributed by atoms with E-state index in [1.807, 2.05) is 12.1 Å². The topological polar surface area (TPSA) is 146 Å². The van der Waals surface area contributed by atoms with Crippen molar-refractivity contribution in [2.24, 2.45) is 0 Å². The zero-order valence-electron chi connectivity index (χ0n) is 20.6. The van der Waals surface area contributed by atoms with E-state index in [-0.39, 0.29) is 17.6 Å². The first-order valence-corrected chi connectivity index (χ1v) is 12.6. The van der Waals surface area contributed by atoms with Crippen LogP contribution in [0.5, 0.6) is 0 Å². The smallest absolute Gasteiger partial charge is 0.335 e. The van der Waals surface area contributed by atoms with Gasteiger partial charge in [-0.15, -0.1) is 0 Å². The van der Waals surface area contributed by atoms with Gasteiger partial charge >= 0.3 is 12.0 Å². The molecule has 0 spiro atoms. The number of rotatable bonds is 5. The number of hydrogen-bond donors (Lipinski definition) is 3. The van der Waals surface area contributed by atoms with Crippen LogP contribution in [0.15, 0.2) is 47.0 Å². The third kappa shape index (κ3) is 4.77. The minimum Gasteiger partial charge on any atom is -0.478 e. The van der Waals surface area contributed by atoms with E-state index in [0.29, 0.717) is 49.2 Å². The van der Waals surface area contributed by atoms with Crippen LogP contribution < -0.4 is 20.4 Å². The molecule has 196 valence electrons. The van der Waals surface area contributed by atoms with Gasteiger partial charge in [-0.2, -0.15) is 4.98 Å². The number of amides is 2. The van der Waals surface area contributed by atoms with E-state index < -0.39 is 5.97 Å². The first-order valence-electron chi connectivity index (χ1n) is 12.6. The minimum atomic E-state index is -1.01. The maximum absolute atomic E-state index is 12.5. The summed E-state index contributed by atoms with van der Waals surface area (Å²) in [6, 6.07) is 9.55. The van der Waals surface area contributed by atoms with Crippen molar-refractivity contribution in [3.05, 3.63) is 48.2 Å². The van der Waals surface area contributed by atoms with E-state index >= 15 is 0 Å². The number of benzene rings is 1. The molecule has 5 heterocycles. The van der Waals surface area contributed by atoms with Crippen LogP contribution in [-0.4, -0.2) is 77.5 Å². The van der Waals surface area contributed by atoms with Gasteiger partial charge in [0.1, 0.15) is 5.52 Å². The molecule has 0 bridgehead atoms. The van der Waals surface area contributed by atoms with Crippen LogP contribution in [-0.2, 0) is 4.74 Å². The monoisotopic (exact) mass is 517 g/mol. The summed E-state index contributed by atoms with van der Waals surface area (Å²) in [4.78, 5) is 42.0. The van der Waals surface area contributed by atoms with Gasteiger partial charge in [-0.3, -0.25) is 0 Å². The summed E-state index contributed by atoms with van der Waals surface area (Å²) in [5.41, 5.74) is 2.61. The zero-order chi connectivity index (χ0) is 26.1. The lowest BCUT2D eigenvalue weighted by Crippen LogP contribution is -2.46. The largest absolute Gasteiger partial charge is 0.478 e. The van der Waals surface area contributed by atoms with Crippen LogP contribution >= 0.6 is 0 Å². The summed E-state index contributed by atoms with van der Waals surface area (Å²) >= 11 is 0. The van der Waals surface area contributed by atoms with Crippen LogP contribution in [0.1, 0.15) is 23.2 Å². The van der Waals surface area contributed by atoms with Crippen LogP contribution in [0.3, 0.4) is 0 Å². The van der Waals surface area contributed by atoms with Crippen molar-refractivity contribution in [1.82, 2.24) is 20.3 Å². The number of aromatic nitrogens is 3. The third-order valence-corrected chi connectivity index (χ3v) is 6.87. The highest BCUT2D eigenvalue weighted by molar-refractivity contribution is 6.05. The van der Waals surface area contributed by atoms with Gasteiger partial charge in [-0.1, -0.05) is 0 Å². The molecule has 2 fully saturated rings. The molecule has 2 amide bonds. The van der Waals surface area contributed by atoms with E-state index in [1.165, 1.54) is 12.1 Å². The number of carbonyl (C=O) groups is 2. The molecule has 6 rings (SSSR count). The lowest BCUT2D eigenvalue weighted by atomic mass is 10.1. The lowest BCUT2D eigenvalue weighted by Gasteiger charge is -2.33. The SMILES string of the molecule is O=C(Nc1ccc(C(=O)O)cc1)NC1CCN(c2nc(N3CCOCC3)c3oc4ncccc4c3n2)CC1. The number of carboxylic acid groups (broad SMARTS) is 1. The van der Waals surface area contributed by atoms with Gasteiger partial charge in [-0.05, 0) is 49.2 Å². The van der Waals surface area contributed by atoms with Gasteiger partial charge < -0.3 is 34.7 Å². The molecule has 0 aliphatic carbocycles. The lowest BCUT2D eigenvalue weighted by molar-refractivity contribution is 0.0697. The van der Waals surface area contributed by atoms with Gasteiger partial charge in [0.2, 0.25) is 11.7 Å². The number of carboxylic acids is 1. The Balaban J connectivity index is 1.16. The highest BCUT2D eigenvalue weighted by Crippen LogP contribution is 2.34. The molecule has 12 nitrogen and oxygen atoms in total. The van der Waals surface area contributed by atoms with Gasteiger partial charge in [0.05, 0.1) is 24.2 Å². The number of carbonyl (C=O) groups excluding carboxylic acids is 1. The van der Waals surface area contributed by atoms with E-state index in [4.69, 9.17) is 24.2 Å². The Morgan fingerprint density at radius 1 is 0.974 bits per heavy atom. The number of aromatic carboxylic acids is 1. The molecule has 38 heavy (non-hydrogen) atoms. The minimum absolute atomic E-state index is 0.00839. The molecule has 0 atom stereocenters. The van der Waals surface area contributed by atoms with Crippen molar-refractivity contribution < 1.29 is 23.8 Å². The van der Waals surface area contributed by atoms with Crippen molar-refractivity contribution >= 4 is 51.7 Å². The number of morpholine rings is 1. The molecule has 2 aliphatic rings. The van der Waals surface area contributed by atoms with E-state index in [0.717, 1.165) is 42.7 Å². The summed E-state index contributed by atoms with van der Waals surface area (Å²) in [5, 5.41) is 15.6. The number of hydrogen-bond acceptors (Lipinski definition) is 9. The fraction of sp³-hybridized carbons (Fsp3) is 0.346. The normalized spacial score (nSPS) is 16.6. The predicted molar refractivity (Wildman–Crippen MR) is 141 cm³/mol. The Kier molecular flexibility index (Phi) is 6.38. The second kappa shape index (κ2) is 10.1. The van der Waals surface area contributed by atoms with Crippen LogP contribution in [0.4, 0.5) is 22.2 Å². The third-order valence-electron chi connectivity index (χ3n) is 6.87. The molecule has 3 aromatic heterocycles. The van der Waals surface area contributed by atoms with Crippen molar-refractivity contribution in [2.45, 2.75) is 18.9 Å². The molecular weight excluding hydrogens is 490 g/mol. The number of ether oxygens (including phenoxy) is 1. The first-order chi connectivity index (χ1) is 18.5. The summed E-state index contributed by atoms with van der Waals surface area (Å²) in [7, 11) is 0. The molecular formula is C26H27N7O5. The Hall–Kier alpha value is -4.45. The highest BCUT2D eigenvalue weighted by Gasteiger charge is 2.27. The second-order valence-electron chi connectivity index (χ2n) is 9.32. The van der Waals surface area contributed by atoms with Crippen molar-refractivity contribution in [3.63, 3.8) is 0 Å². The molecule has 0 radical (unpaired) electrons. The second-order valence-corrected chi connectivity index (χ2v) is 9.32. The number of urea groups is 1. The number of piperidine rings is 1. The van der Waals surface area contributed by atoms with E-state index in [1.54, 1.807) is 18.3 Å². The van der Waals surface area contributed by atoms with Crippen LogP contribution in [0, 0.1) is 0 Å². The fourth-order valence-corrected chi connectivity index (χ4v) is 4.86. The van der Waals surface area contributed by atoms with Crippen molar-refractivity contribution in [1.29, 1.82) is 0 Å². The average Bonchev–Trinajstić information content (AvgIpc) is 3.32. The summed E-state index contributed by atoms with van der Waals surface area (Å²) in [6.45, 7) is 4.05. The average molecular weight is 518 g/mol. The molecule has 12 heteroatoms. The maximum Gasteiger partial charge on any atom is 0.335 e. The first kappa shape index (κ1) is 23.9. The Morgan fingerprint density at radius 2 is 1.74 bits per heavy atom. The number of fused-ring (bicyclic) bond motifs is 3. The number of nitrogens with one attached hydrogen (secondary N) is 2. The van der Waals surface area contributed by atoms with Crippen LogP contribution in [0.25, 0.3) is 22.2 Å².